The third kappa shape index (κ3) is 1.77. The van der Waals surface area contributed by atoms with E-state index in [9.17, 15) is 4.39 Å². The normalized spacial score (nSPS) is 38.5. The van der Waals surface area contributed by atoms with Gasteiger partial charge in [0.1, 0.15) is 6.67 Å². The average molecular weight is 161 g/mol. The summed E-state index contributed by atoms with van der Waals surface area (Å²) in [6.07, 6.45) is -0.214. The van der Waals surface area contributed by atoms with Crippen LogP contribution in [0.1, 0.15) is 6.42 Å². The van der Waals surface area contributed by atoms with Gasteiger partial charge in [-0.1, -0.05) is 6.08 Å². The minimum absolute atomic E-state index is 0.186. The van der Waals surface area contributed by atoms with Crippen molar-refractivity contribution in [2.75, 3.05) is 6.67 Å². The maximum atomic E-state index is 12.0. The molecule has 0 amide bonds. The van der Waals surface area contributed by atoms with Crippen LogP contribution in [0.15, 0.2) is 11.6 Å². The first-order chi connectivity index (χ1) is 5.15. The van der Waals surface area contributed by atoms with Crippen molar-refractivity contribution in [2.24, 2.45) is 5.73 Å². The molecule has 0 aliphatic heterocycles. The number of halogens is 1. The first kappa shape index (κ1) is 8.64. The lowest BCUT2D eigenvalue weighted by molar-refractivity contribution is 0.00636. The Kier molecular flexibility index (Phi) is 2.59. The van der Waals surface area contributed by atoms with E-state index in [1.807, 2.05) is 0 Å². The van der Waals surface area contributed by atoms with E-state index in [0.717, 1.165) is 0 Å². The molecule has 0 saturated heterocycles. The summed E-state index contributed by atoms with van der Waals surface area (Å²) < 4.78 is 12.0. The molecule has 0 bridgehead atoms. The second kappa shape index (κ2) is 3.30. The van der Waals surface area contributed by atoms with Crippen molar-refractivity contribution in [3.63, 3.8) is 0 Å². The summed E-state index contributed by atoms with van der Waals surface area (Å²) in [7, 11) is 0. The van der Waals surface area contributed by atoms with E-state index < -0.39 is 24.9 Å². The van der Waals surface area contributed by atoms with Crippen molar-refractivity contribution in [1.82, 2.24) is 0 Å². The van der Waals surface area contributed by atoms with Gasteiger partial charge in [0, 0.05) is 0 Å². The molecule has 0 radical (unpaired) electrons. The van der Waals surface area contributed by atoms with E-state index in [1.54, 1.807) is 0 Å². The molecule has 3 nitrogen and oxygen atoms in total. The van der Waals surface area contributed by atoms with E-state index in [2.05, 4.69) is 0 Å². The van der Waals surface area contributed by atoms with E-state index in [4.69, 9.17) is 15.9 Å². The number of aliphatic hydroxyl groups is 2. The Morgan fingerprint density at radius 1 is 1.64 bits per heavy atom. The van der Waals surface area contributed by atoms with Crippen LogP contribution in [0.3, 0.4) is 0 Å². The van der Waals surface area contributed by atoms with E-state index >= 15 is 0 Å². The Bertz CT molecular complexity index is 172. The molecule has 0 aromatic heterocycles. The summed E-state index contributed by atoms with van der Waals surface area (Å²) in [6.45, 7) is -0.600. The fourth-order valence-corrected chi connectivity index (χ4v) is 1.18. The lowest BCUT2D eigenvalue weighted by atomic mass is 9.92. The van der Waals surface area contributed by atoms with Crippen molar-refractivity contribution in [3.05, 3.63) is 11.6 Å². The Morgan fingerprint density at radius 2 is 2.27 bits per heavy atom. The van der Waals surface area contributed by atoms with E-state index in [0.29, 0.717) is 5.57 Å². The number of hydrogen-bond acceptors (Lipinski definition) is 3. The van der Waals surface area contributed by atoms with Gasteiger partial charge in [0.25, 0.3) is 0 Å². The Morgan fingerprint density at radius 3 is 2.73 bits per heavy atom. The monoisotopic (exact) mass is 161 g/mol. The van der Waals surface area contributed by atoms with Crippen LogP contribution < -0.4 is 5.73 Å². The van der Waals surface area contributed by atoms with Crippen molar-refractivity contribution < 1.29 is 14.6 Å². The van der Waals surface area contributed by atoms with Gasteiger partial charge in [0.2, 0.25) is 0 Å². The summed E-state index contributed by atoms with van der Waals surface area (Å²) in [4.78, 5) is 0. The molecule has 1 aliphatic rings. The van der Waals surface area contributed by atoms with Crippen LogP contribution >= 0.6 is 0 Å². The number of alkyl halides is 1. The highest BCUT2D eigenvalue weighted by Crippen LogP contribution is 2.18. The van der Waals surface area contributed by atoms with E-state index in [1.165, 1.54) is 6.08 Å². The van der Waals surface area contributed by atoms with Crippen LogP contribution in [-0.2, 0) is 0 Å². The van der Waals surface area contributed by atoms with Gasteiger partial charge in [-0.25, -0.2) is 4.39 Å². The summed E-state index contributed by atoms with van der Waals surface area (Å²) >= 11 is 0. The second-order valence-electron chi connectivity index (χ2n) is 2.80. The van der Waals surface area contributed by atoms with Crippen LogP contribution in [0.2, 0.25) is 0 Å². The molecule has 0 unspecified atom stereocenters. The maximum absolute atomic E-state index is 12.0. The van der Waals surface area contributed by atoms with Crippen LogP contribution in [-0.4, -0.2) is 35.1 Å². The third-order valence-electron chi connectivity index (χ3n) is 1.86. The van der Waals surface area contributed by atoms with E-state index in [-0.39, 0.29) is 6.42 Å². The van der Waals surface area contributed by atoms with Crippen molar-refractivity contribution in [1.29, 1.82) is 0 Å². The summed E-state index contributed by atoms with van der Waals surface area (Å²) in [5.41, 5.74) is 5.85. The Hall–Kier alpha value is -0.450. The molecule has 4 heteroatoms. The molecule has 11 heavy (non-hydrogen) atoms. The third-order valence-corrected chi connectivity index (χ3v) is 1.86. The predicted molar refractivity (Wildman–Crippen MR) is 38.7 cm³/mol. The van der Waals surface area contributed by atoms with Gasteiger partial charge < -0.3 is 15.9 Å². The topological polar surface area (TPSA) is 66.5 Å². The molecule has 0 aromatic rings. The Balaban J connectivity index is 2.68. The van der Waals surface area contributed by atoms with Crippen LogP contribution in [0.4, 0.5) is 4.39 Å². The highest BCUT2D eigenvalue weighted by atomic mass is 19.1. The molecule has 1 aliphatic carbocycles. The second-order valence-corrected chi connectivity index (χ2v) is 2.80. The Labute approximate surface area is 64.3 Å². The largest absolute Gasteiger partial charge is 0.390 e. The fraction of sp³-hybridized carbons (Fsp3) is 0.714. The molecule has 0 fully saturated rings. The van der Waals surface area contributed by atoms with Crippen LogP contribution in [0.5, 0.6) is 0 Å². The SMILES string of the molecule is N[C@@H]1C=C(CF)C[C@H](O)[C@H]1O. The standard InChI is InChI=1S/C7H12FNO2/c8-3-4-1-5(9)7(11)6(10)2-4/h1,5-7,10-11H,2-3,9H2/t5-,6+,7+/m1/s1. The van der Waals surface area contributed by atoms with Crippen molar-refractivity contribution in [3.8, 4) is 0 Å². The van der Waals surface area contributed by atoms with Gasteiger partial charge >= 0.3 is 0 Å². The van der Waals surface area contributed by atoms with Crippen molar-refractivity contribution in [2.45, 2.75) is 24.7 Å². The minimum Gasteiger partial charge on any atom is -0.390 e. The average Bonchev–Trinajstić information content (AvgIpc) is 1.99. The molecule has 1 rings (SSSR count). The zero-order valence-corrected chi connectivity index (χ0v) is 6.07. The van der Waals surface area contributed by atoms with Crippen LogP contribution in [0.25, 0.3) is 0 Å². The molecule has 0 heterocycles. The van der Waals surface area contributed by atoms with Crippen molar-refractivity contribution >= 4 is 0 Å². The zero-order chi connectivity index (χ0) is 8.43. The van der Waals surface area contributed by atoms with Gasteiger partial charge in [-0.2, -0.15) is 0 Å². The molecular formula is C7H12FNO2. The first-order valence-corrected chi connectivity index (χ1v) is 3.52. The summed E-state index contributed by atoms with van der Waals surface area (Å²) in [5.74, 6) is 0. The fourth-order valence-electron chi connectivity index (χ4n) is 1.18. The van der Waals surface area contributed by atoms with Gasteiger partial charge in [-0.3, -0.25) is 0 Å². The lowest BCUT2D eigenvalue weighted by Gasteiger charge is -2.27. The van der Waals surface area contributed by atoms with Gasteiger partial charge in [-0.05, 0) is 12.0 Å². The number of nitrogens with two attached hydrogens (primary N) is 1. The molecule has 64 valence electrons. The lowest BCUT2D eigenvalue weighted by Crippen LogP contribution is -2.45. The molecule has 0 saturated carbocycles. The molecule has 0 aromatic carbocycles. The maximum Gasteiger partial charge on any atom is 0.111 e. The smallest absolute Gasteiger partial charge is 0.111 e. The first-order valence-electron chi connectivity index (χ1n) is 3.52. The number of aliphatic hydroxyl groups excluding tert-OH is 2. The summed E-state index contributed by atoms with van der Waals surface area (Å²) in [6, 6.07) is -0.635. The van der Waals surface area contributed by atoms with Gasteiger partial charge in [0.15, 0.2) is 0 Å². The van der Waals surface area contributed by atoms with Gasteiger partial charge in [-0.15, -0.1) is 0 Å². The van der Waals surface area contributed by atoms with Crippen LogP contribution in [0, 0.1) is 0 Å². The zero-order valence-electron chi connectivity index (χ0n) is 6.07. The highest BCUT2D eigenvalue weighted by molar-refractivity contribution is 5.15. The predicted octanol–water partition coefficient (Wildman–Crippen LogP) is -0.665. The number of hydrogen-bond donors (Lipinski definition) is 3. The molecule has 4 N–H and O–H groups in total. The highest BCUT2D eigenvalue weighted by Gasteiger charge is 2.27. The minimum atomic E-state index is -0.953. The molecular weight excluding hydrogens is 149 g/mol. The van der Waals surface area contributed by atoms with Gasteiger partial charge in [0.05, 0.1) is 18.2 Å². The quantitative estimate of drug-likeness (QED) is 0.447. The molecule has 3 atom stereocenters. The molecule has 0 spiro atoms. The number of rotatable bonds is 1. The summed E-state index contributed by atoms with van der Waals surface area (Å²) in [5, 5.41) is 18.2.